The van der Waals surface area contributed by atoms with Crippen molar-refractivity contribution < 1.29 is 22.7 Å². The number of sulfonamides is 1. The van der Waals surface area contributed by atoms with Gasteiger partial charge in [0.15, 0.2) is 0 Å². The van der Waals surface area contributed by atoms with Gasteiger partial charge in [0.25, 0.3) is 10.0 Å². The van der Waals surface area contributed by atoms with Crippen molar-refractivity contribution in [2.75, 3.05) is 24.5 Å². The molecular weight excluding hydrogens is 502 g/mol. The van der Waals surface area contributed by atoms with Crippen molar-refractivity contribution in [3.05, 3.63) is 89.5 Å². The minimum atomic E-state index is -4.17. The van der Waals surface area contributed by atoms with Crippen molar-refractivity contribution in [3.63, 3.8) is 0 Å². The summed E-state index contributed by atoms with van der Waals surface area (Å²) in [6.07, 6.45) is 0. The van der Waals surface area contributed by atoms with Crippen LogP contribution in [0.3, 0.4) is 0 Å². The van der Waals surface area contributed by atoms with Crippen LogP contribution >= 0.6 is 0 Å². The molecule has 0 spiro atoms. The van der Waals surface area contributed by atoms with Gasteiger partial charge >= 0.3 is 0 Å². The van der Waals surface area contributed by atoms with Crippen molar-refractivity contribution in [2.45, 2.75) is 45.2 Å². The van der Waals surface area contributed by atoms with Gasteiger partial charge in [-0.1, -0.05) is 59.7 Å². The van der Waals surface area contributed by atoms with Gasteiger partial charge < -0.3 is 15.0 Å². The topological polar surface area (TPSA) is 96.0 Å². The lowest BCUT2D eigenvalue weighted by Crippen LogP contribution is -2.50. The van der Waals surface area contributed by atoms with E-state index in [0.29, 0.717) is 12.4 Å². The second kappa shape index (κ2) is 12.6. The molecule has 0 aliphatic heterocycles. The van der Waals surface area contributed by atoms with Crippen molar-refractivity contribution in [3.8, 4) is 5.75 Å². The molecule has 1 N–H and O–H groups in total. The smallest absolute Gasteiger partial charge is 0.264 e. The molecule has 0 heterocycles. The maximum absolute atomic E-state index is 13.9. The molecule has 8 nitrogen and oxygen atoms in total. The predicted molar refractivity (Wildman–Crippen MR) is 149 cm³/mol. The zero-order chi connectivity index (χ0) is 27.9. The fraction of sp³-hybridized carbons (Fsp3) is 0.310. The molecule has 9 heteroatoms. The molecule has 0 aliphatic rings. The normalized spacial score (nSPS) is 11.9. The van der Waals surface area contributed by atoms with E-state index in [2.05, 4.69) is 5.32 Å². The molecular formula is C29H35N3O5S. The van der Waals surface area contributed by atoms with Gasteiger partial charge in [0.1, 0.15) is 18.3 Å². The molecule has 0 fully saturated rings. The SMILES string of the molecule is CCOc1ccccc1N(CC(=O)N(Cc1cccc(C)c1)[C@@H](C)C(=O)NC)S(=O)(=O)c1ccc(C)cc1. The highest BCUT2D eigenvalue weighted by molar-refractivity contribution is 7.92. The molecule has 0 saturated heterocycles. The Hall–Kier alpha value is -3.85. The minimum absolute atomic E-state index is 0.0479. The van der Waals surface area contributed by atoms with Crippen LogP contribution in [0.5, 0.6) is 5.75 Å². The van der Waals surface area contributed by atoms with E-state index in [9.17, 15) is 18.0 Å². The second-order valence-electron chi connectivity index (χ2n) is 9.03. The third-order valence-electron chi connectivity index (χ3n) is 6.17. The standard InChI is InChI=1S/C29H35N3O5S/c1-6-37-27-13-8-7-12-26(27)32(38(35,36)25-16-14-21(2)15-17-25)20-28(33)31(23(4)29(34)30-5)19-24-11-9-10-22(3)18-24/h7-18,23H,6,19-20H2,1-5H3,(H,30,34)/t23-/m0/s1. The van der Waals surface area contributed by atoms with Gasteiger partial charge in [0.05, 0.1) is 17.2 Å². The Labute approximate surface area is 225 Å². The summed E-state index contributed by atoms with van der Waals surface area (Å²) in [6, 6.07) is 19.9. The van der Waals surface area contributed by atoms with Crippen LogP contribution in [0, 0.1) is 13.8 Å². The van der Waals surface area contributed by atoms with Crippen LogP contribution in [-0.4, -0.2) is 51.4 Å². The van der Waals surface area contributed by atoms with Crippen molar-refractivity contribution in [1.29, 1.82) is 0 Å². The molecule has 0 radical (unpaired) electrons. The Morgan fingerprint density at radius 2 is 1.63 bits per heavy atom. The summed E-state index contributed by atoms with van der Waals surface area (Å²) in [5, 5.41) is 2.58. The van der Waals surface area contributed by atoms with Gasteiger partial charge in [-0.15, -0.1) is 0 Å². The molecule has 0 aromatic heterocycles. The minimum Gasteiger partial charge on any atom is -0.492 e. The van der Waals surface area contributed by atoms with E-state index in [4.69, 9.17) is 4.74 Å². The van der Waals surface area contributed by atoms with E-state index < -0.39 is 28.5 Å². The zero-order valence-corrected chi connectivity index (χ0v) is 23.3. The number of carbonyl (C=O) groups excluding carboxylic acids is 2. The number of benzene rings is 3. The number of para-hydroxylation sites is 2. The molecule has 202 valence electrons. The number of amides is 2. The van der Waals surface area contributed by atoms with Crippen LogP contribution in [0.2, 0.25) is 0 Å². The Morgan fingerprint density at radius 3 is 2.26 bits per heavy atom. The Kier molecular flexibility index (Phi) is 9.52. The molecule has 2 amide bonds. The van der Waals surface area contributed by atoms with Gasteiger partial charge in [-0.2, -0.15) is 0 Å². The van der Waals surface area contributed by atoms with Crippen LogP contribution in [-0.2, 0) is 26.2 Å². The van der Waals surface area contributed by atoms with Crippen LogP contribution in [0.15, 0.2) is 77.7 Å². The lowest BCUT2D eigenvalue weighted by molar-refractivity contribution is -0.139. The number of likely N-dealkylation sites (N-methyl/N-ethyl adjacent to an activating group) is 1. The zero-order valence-electron chi connectivity index (χ0n) is 22.5. The first kappa shape index (κ1) is 28.7. The highest BCUT2D eigenvalue weighted by atomic mass is 32.2. The van der Waals surface area contributed by atoms with Crippen LogP contribution in [0.4, 0.5) is 5.69 Å². The number of carbonyl (C=O) groups is 2. The van der Waals surface area contributed by atoms with Crippen LogP contribution < -0.4 is 14.4 Å². The fourth-order valence-electron chi connectivity index (χ4n) is 4.09. The molecule has 3 rings (SSSR count). The van der Waals surface area contributed by atoms with E-state index >= 15 is 0 Å². The highest BCUT2D eigenvalue weighted by Gasteiger charge is 2.33. The van der Waals surface area contributed by atoms with Crippen LogP contribution in [0.25, 0.3) is 0 Å². The average Bonchev–Trinajstić information content (AvgIpc) is 2.90. The molecule has 38 heavy (non-hydrogen) atoms. The van der Waals surface area contributed by atoms with Crippen molar-refractivity contribution in [2.24, 2.45) is 0 Å². The molecule has 0 bridgehead atoms. The maximum Gasteiger partial charge on any atom is 0.264 e. The monoisotopic (exact) mass is 537 g/mol. The largest absolute Gasteiger partial charge is 0.492 e. The average molecular weight is 538 g/mol. The van der Waals surface area contributed by atoms with E-state index in [1.54, 1.807) is 50.2 Å². The molecule has 0 unspecified atom stereocenters. The van der Waals surface area contributed by atoms with Gasteiger partial charge in [-0.3, -0.25) is 13.9 Å². The number of hydrogen-bond donors (Lipinski definition) is 1. The van der Waals surface area contributed by atoms with Gasteiger partial charge in [0, 0.05) is 13.6 Å². The predicted octanol–water partition coefficient (Wildman–Crippen LogP) is 4.06. The molecule has 0 aliphatic carbocycles. The number of nitrogens with one attached hydrogen (secondary N) is 1. The van der Waals surface area contributed by atoms with E-state index in [1.807, 2.05) is 38.1 Å². The summed E-state index contributed by atoms with van der Waals surface area (Å²) in [5.74, 6) is -0.540. The van der Waals surface area contributed by atoms with Gasteiger partial charge in [-0.05, 0) is 57.5 Å². The lowest BCUT2D eigenvalue weighted by atomic mass is 10.1. The van der Waals surface area contributed by atoms with Gasteiger partial charge in [0.2, 0.25) is 11.8 Å². The van der Waals surface area contributed by atoms with Crippen LogP contribution in [0.1, 0.15) is 30.5 Å². The Bertz CT molecular complexity index is 1370. The van der Waals surface area contributed by atoms with Gasteiger partial charge in [-0.25, -0.2) is 8.42 Å². The number of hydrogen-bond acceptors (Lipinski definition) is 5. The summed E-state index contributed by atoms with van der Waals surface area (Å²) >= 11 is 0. The van der Waals surface area contributed by atoms with Crippen molar-refractivity contribution >= 4 is 27.5 Å². The lowest BCUT2D eigenvalue weighted by Gasteiger charge is -2.32. The number of aryl methyl sites for hydroxylation is 2. The fourth-order valence-corrected chi connectivity index (χ4v) is 5.51. The number of anilines is 1. The van der Waals surface area contributed by atoms with Crippen molar-refractivity contribution in [1.82, 2.24) is 10.2 Å². The summed E-state index contributed by atoms with van der Waals surface area (Å²) < 4.78 is 34.7. The molecule has 3 aromatic carbocycles. The van der Waals surface area contributed by atoms with E-state index in [1.165, 1.54) is 24.1 Å². The summed E-state index contributed by atoms with van der Waals surface area (Å²) in [7, 11) is -2.67. The third-order valence-corrected chi connectivity index (χ3v) is 7.94. The summed E-state index contributed by atoms with van der Waals surface area (Å²) in [6.45, 7) is 7.17. The highest BCUT2D eigenvalue weighted by Crippen LogP contribution is 2.33. The summed E-state index contributed by atoms with van der Waals surface area (Å²) in [5.41, 5.74) is 2.99. The first-order valence-electron chi connectivity index (χ1n) is 12.5. The number of nitrogens with zero attached hydrogens (tertiary/aromatic N) is 2. The van der Waals surface area contributed by atoms with E-state index in [-0.39, 0.29) is 23.0 Å². The quantitative estimate of drug-likeness (QED) is 0.398. The maximum atomic E-state index is 13.9. The Morgan fingerprint density at radius 1 is 0.947 bits per heavy atom. The summed E-state index contributed by atoms with van der Waals surface area (Å²) in [4.78, 5) is 27.9. The molecule has 0 saturated carbocycles. The second-order valence-corrected chi connectivity index (χ2v) is 10.9. The third kappa shape index (κ3) is 6.72. The number of rotatable bonds is 11. The molecule has 3 aromatic rings. The Balaban J connectivity index is 2.09. The number of ether oxygens (including phenoxy) is 1. The van der Waals surface area contributed by atoms with E-state index in [0.717, 1.165) is 21.0 Å². The first-order valence-corrected chi connectivity index (χ1v) is 13.9. The molecule has 1 atom stereocenters. The first-order chi connectivity index (χ1) is 18.1.